The third-order valence-corrected chi connectivity index (χ3v) is 7.51. The van der Waals surface area contributed by atoms with Gasteiger partial charge in [-0.3, -0.25) is 9.52 Å². The molecule has 1 aromatic heterocycles. The summed E-state index contributed by atoms with van der Waals surface area (Å²) >= 11 is 0. The molecular formula is C32H30N4O8S. The lowest BCUT2D eigenvalue weighted by Gasteiger charge is -2.10. The summed E-state index contributed by atoms with van der Waals surface area (Å²) in [5, 5.41) is 30.4. The van der Waals surface area contributed by atoms with Crippen molar-refractivity contribution in [1.29, 1.82) is 0 Å². The average Bonchev–Trinajstić information content (AvgIpc) is 3.04. The van der Waals surface area contributed by atoms with Crippen molar-refractivity contribution in [2.75, 3.05) is 31.4 Å². The smallest absolute Gasteiger partial charge is 0.263 e. The van der Waals surface area contributed by atoms with Gasteiger partial charge in [0.2, 0.25) is 5.88 Å². The van der Waals surface area contributed by atoms with E-state index in [1.807, 2.05) is 0 Å². The molecule has 0 amide bonds. The number of rotatable bonds is 13. The van der Waals surface area contributed by atoms with Gasteiger partial charge in [0.15, 0.2) is 34.6 Å². The van der Waals surface area contributed by atoms with Crippen molar-refractivity contribution in [3.8, 4) is 28.9 Å². The number of methoxy groups -OCH3 is 3. The van der Waals surface area contributed by atoms with Crippen LogP contribution in [0.25, 0.3) is 12.2 Å². The molecule has 0 saturated heterocycles. The van der Waals surface area contributed by atoms with Crippen LogP contribution in [-0.2, 0) is 14.8 Å². The number of nitrogens with zero attached hydrogens (tertiary/aromatic N) is 2. The first-order valence-corrected chi connectivity index (χ1v) is 14.7. The van der Waals surface area contributed by atoms with Crippen molar-refractivity contribution in [2.24, 2.45) is 0 Å². The standard InChI is InChI=1S/C32H30N4O8S/c1-42-29-18-21(6-14-27(29)38)4-8-24(20-25(37)11-5-22-7-15-28(39)30(19-22)43-2)33-23-9-12-26(13-10-23)45(40,41)36-31-16-17-32(44-3)35-34-31/h4-20,33,38-39H,1-3H3,(H,34,36)/b8-4+,11-5+,24-20?. The Balaban J connectivity index is 1.57. The Morgan fingerprint density at radius 2 is 1.36 bits per heavy atom. The van der Waals surface area contributed by atoms with Gasteiger partial charge in [0.25, 0.3) is 10.0 Å². The molecule has 45 heavy (non-hydrogen) atoms. The minimum Gasteiger partial charge on any atom is -0.504 e. The Hall–Kier alpha value is -5.82. The van der Waals surface area contributed by atoms with E-state index in [1.165, 1.54) is 69.9 Å². The normalized spacial score (nSPS) is 11.8. The number of benzene rings is 3. The monoisotopic (exact) mass is 630 g/mol. The molecule has 1 heterocycles. The largest absolute Gasteiger partial charge is 0.504 e. The first-order valence-electron chi connectivity index (χ1n) is 13.2. The molecule has 232 valence electrons. The Labute approximate surface area is 260 Å². The first kappa shape index (κ1) is 32.1. The molecule has 0 saturated carbocycles. The Bertz CT molecular complexity index is 1850. The summed E-state index contributed by atoms with van der Waals surface area (Å²) in [5.41, 5.74) is 2.20. The minimum atomic E-state index is -3.96. The van der Waals surface area contributed by atoms with E-state index in [1.54, 1.807) is 54.6 Å². The van der Waals surface area contributed by atoms with E-state index in [0.717, 1.165) is 0 Å². The van der Waals surface area contributed by atoms with Crippen molar-refractivity contribution in [3.63, 3.8) is 0 Å². The Kier molecular flexibility index (Phi) is 10.4. The van der Waals surface area contributed by atoms with E-state index in [2.05, 4.69) is 20.2 Å². The molecule has 4 aromatic rings. The van der Waals surface area contributed by atoms with Crippen molar-refractivity contribution in [3.05, 3.63) is 108 Å². The highest BCUT2D eigenvalue weighted by molar-refractivity contribution is 7.92. The van der Waals surface area contributed by atoms with Crippen LogP contribution in [-0.4, -0.2) is 55.9 Å². The zero-order valence-corrected chi connectivity index (χ0v) is 25.3. The van der Waals surface area contributed by atoms with Gasteiger partial charge in [-0.15, -0.1) is 10.2 Å². The fourth-order valence-corrected chi connectivity index (χ4v) is 4.85. The van der Waals surface area contributed by atoms with Crippen LogP contribution in [0.15, 0.2) is 102 Å². The van der Waals surface area contributed by atoms with E-state index >= 15 is 0 Å². The van der Waals surface area contributed by atoms with Gasteiger partial charge >= 0.3 is 0 Å². The Morgan fingerprint density at radius 1 is 0.756 bits per heavy atom. The SMILES string of the molecule is COc1ccc(NS(=O)(=O)c2ccc(NC(=CC(=O)/C=C/c3ccc(O)c(OC)c3)/C=C/c3ccc(O)c(OC)c3)cc2)nn1. The molecule has 0 spiro atoms. The van der Waals surface area contributed by atoms with Gasteiger partial charge in [0.1, 0.15) is 0 Å². The van der Waals surface area contributed by atoms with Gasteiger partial charge in [0.05, 0.1) is 26.2 Å². The second-order valence-electron chi connectivity index (χ2n) is 9.25. The minimum absolute atomic E-state index is 0.0155. The van der Waals surface area contributed by atoms with Crippen LogP contribution in [0.1, 0.15) is 11.1 Å². The van der Waals surface area contributed by atoms with Gasteiger partial charge in [-0.25, -0.2) is 8.42 Å². The van der Waals surface area contributed by atoms with Crippen LogP contribution >= 0.6 is 0 Å². The quantitative estimate of drug-likeness (QED) is 0.116. The van der Waals surface area contributed by atoms with E-state index < -0.39 is 10.0 Å². The highest BCUT2D eigenvalue weighted by Gasteiger charge is 2.15. The fourth-order valence-electron chi connectivity index (χ4n) is 3.85. The lowest BCUT2D eigenvalue weighted by atomic mass is 10.1. The third-order valence-electron chi connectivity index (χ3n) is 6.14. The van der Waals surface area contributed by atoms with Crippen LogP contribution in [0.3, 0.4) is 0 Å². The molecule has 0 bridgehead atoms. The molecule has 0 unspecified atom stereocenters. The number of ketones is 1. The number of phenols is 2. The number of phenolic OH excluding ortho intramolecular Hbond substituents is 2. The van der Waals surface area contributed by atoms with Crippen LogP contribution in [0.5, 0.6) is 28.9 Å². The lowest BCUT2D eigenvalue weighted by molar-refractivity contribution is -0.110. The molecule has 3 aromatic carbocycles. The number of ether oxygens (including phenoxy) is 3. The summed E-state index contributed by atoms with van der Waals surface area (Å²) in [5.74, 6) is 0.423. The molecule has 4 rings (SSSR count). The second kappa shape index (κ2) is 14.6. The maximum absolute atomic E-state index is 12.9. The number of aromatic hydroxyl groups is 2. The first-order chi connectivity index (χ1) is 21.6. The number of aromatic nitrogens is 2. The maximum atomic E-state index is 12.9. The van der Waals surface area contributed by atoms with E-state index in [-0.39, 0.29) is 45.4 Å². The molecular weight excluding hydrogens is 600 g/mol. The second-order valence-corrected chi connectivity index (χ2v) is 10.9. The van der Waals surface area contributed by atoms with Crippen molar-refractivity contribution in [2.45, 2.75) is 4.90 Å². The molecule has 0 radical (unpaired) electrons. The molecule has 0 atom stereocenters. The number of allylic oxidation sites excluding steroid dienone is 3. The van der Waals surface area contributed by atoms with Crippen LogP contribution < -0.4 is 24.2 Å². The van der Waals surface area contributed by atoms with Crippen LogP contribution in [0, 0.1) is 0 Å². The summed E-state index contributed by atoms with van der Waals surface area (Å²) in [4.78, 5) is 12.9. The molecule has 4 N–H and O–H groups in total. The number of hydrogen-bond donors (Lipinski definition) is 4. The third kappa shape index (κ3) is 8.84. The summed E-state index contributed by atoms with van der Waals surface area (Å²) in [6.07, 6.45) is 7.65. The fraction of sp³-hybridized carbons (Fsp3) is 0.0938. The van der Waals surface area contributed by atoms with Gasteiger partial charge < -0.3 is 29.7 Å². The molecule has 0 aliphatic carbocycles. The number of sulfonamides is 1. The molecule has 0 fully saturated rings. The van der Waals surface area contributed by atoms with Crippen molar-refractivity contribution >= 4 is 39.5 Å². The number of carbonyl (C=O) groups is 1. The molecule has 13 heteroatoms. The number of carbonyl (C=O) groups excluding carboxylic acids is 1. The zero-order chi connectivity index (χ0) is 32.4. The highest BCUT2D eigenvalue weighted by Crippen LogP contribution is 2.28. The van der Waals surface area contributed by atoms with Gasteiger partial charge in [-0.2, -0.15) is 0 Å². The summed E-state index contributed by atoms with van der Waals surface area (Å²) in [6.45, 7) is 0. The van der Waals surface area contributed by atoms with Gasteiger partial charge in [-0.1, -0.05) is 24.3 Å². The van der Waals surface area contributed by atoms with E-state index in [0.29, 0.717) is 22.5 Å². The zero-order valence-electron chi connectivity index (χ0n) is 24.5. The summed E-state index contributed by atoms with van der Waals surface area (Å²) < 4.78 is 43.3. The molecule has 12 nitrogen and oxygen atoms in total. The van der Waals surface area contributed by atoms with Gasteiger partial charge in [0, 0.05) is 23.5 Å². The number of hydrogen-bond acceptors (Lipinski definition) is 11. The predicted molar refractivity (Wildman–Crippen MR) is 170 cm³/mol. The number of anilines is 2. The van der Waals surface area contributed by atoms with Gasteiger partial charge in [-0.05, 0) is 77.9 Å². The summed E-state index contributed by atoms with van der Waals surface area (Å²) in [6, 6.07) is 18.3. The number of nitrogens with one attached hydrogen (secondary N) is 2. The van der Waals surface area contributed by atoms with E-state index in [4.69, 9.17) is 14.2 Å². The lowest BCUT2D eigenvalue weighted by Crippen LogP contribution is -2.14. The van der Waals surface area contributed by atoms with E-state index in [9.17, 15) is 23.4 Å². The maximum Gasteiger partial charge on any atom is 0.263 e. The average molecular weight is 631 g/mol. The van der Waals surface area contributed by atoms with Crippen LogP contribution in [0.2, 0.25) is 0 Å². The highest BCUT2D eigenvalue weighted by atomic mass is 32.2. The molecule has 0 aliphatic heterocycles. The topological polar surface area (TPSA) is 169 Å². The van der Waals surface area contributed by atoms with Crippen molar-refractivity contribution in [1.82, 2.24) is 10.2 Å². The van der Waals surface area contributed by atoms with Crippen LogP contribution in [0.4, 0.5) is 11.5 Å². The molecule has 0 aliphatic rings. The Morgan fingerprint density at radius 3 is 1.89 bits per heavy atom. The summed E-state index contributed by atoms with van der Waals surface area (Å²) in [7, 11) is 0.326. The van der Waals surface area contributed by atoms with Crippen molar-refractivity contribution < 1.29 is 37.6 Å². The predicted octanol–water partition coefficient (Wildman–Crippen LogP) is 5.01.